The highest BCUT2D eigenvalue weighted by atomic mass is 79.9. The van der Waals surface area contributed by atoms with Crippen molar-refractivity contribution in [2.24, 2.45) is 0 Å². The summed E-state index contributed by atoms with van der Waals surface area (Å²) in [7, 11) is 1.51. The van der Waals surface area contributed by atoms with Crippen molar-refractivity contribution < 1.29 is 17.9 Å². The Labute approximate surface area is 119 Å². The van der Waals surface area contributed by atoms with Gasteiger partial charge in [0.1, 0.15) is 5.75 Å². The lowest BCUT2D eigenvalue weighted by atomic mass is 10.0. The predicted molar refractivity (Wildman–Crippen MR) is 72.5 cm³/mol. The minimum atomic E-state index is -4.17. The second-order valence-corrected chi connectivity index (χ2v) is 5.15. The lowest BCUT2D eigenvalue weighted by molar-refractivity contribution is -0.139. The monoisotopic (exact) mass is 339 g/mol. The van der Waals surface area contributed by atoms with Crippen molar-refractivity contribution in [1.82, 2.24) is 5.32 Å². The topological polar surface area (TPSA) is 21.3 Å². The van der Waals surface area contributed by atoms with Crippen molar-refractivity contribution in [2.45, 2.75) is 32.0 Å². The maximum atomic E-state index is 12.5. The molecule has 1 rings (SSSR count). The van der Waals surface area contributed by atoms with E-state index in [0.29, 0.717) is 12.3 Å². The molecule has 19 heavy (non-hydrogen) atoms. The van der Waals surface area contributed by atoms with E-state index < -0.39 is 18.6 Å². The van der Waals surface area contributed by atoms with Gasteiger partial charge < -0.3 is 10.1 Å². The van der Waals surface area contributed by atoms with Crippen molar-refractivity contribution in [3.8, 4) is 5.75 Å². The molecule has 1 atom stereocenters. The number of rotatable bonds is 6. The molecule has 0 heterocycles. The molecular weight excluding hydrogens is 323 g/mol. The third-order valence-electron chi connectivity index (χ3n) is 2.68. The van der Waals surface area contributed by atoms with Gasteiger partial charge in [-0.25, -0.2) is 0 Å². The molecule has 0 spiro atoms. The summed E-state index contributed by atoms with van der Waals surface area (Å²) in [5, 5.41) is 2.87. The van der Waals surface area contributed by atoms with Gasteiger partial charge in [0, 0.05) is 10.5 Å². The van der Waals surface area contributed by atoms with Crippen LogP contribution in [0.4, 0.5) is 13.2 Å². The van der Waals surface area contributed by atoms with Gasteiger partial charge >= 0.3 is 6.18 Å². The van der Waals surface area contributed by atoms with Gasteiger partial charge in [0.05, 0.1) is 13.5 Å². The Bertz CT molecular complexity index is 409. The van der Waals surface area contributed by atoms with Crippen LogP contribution in [0.5, 0.6) is 5.75 Å². The summed E-state index contributed by atoms with van der Waals surface area (Å²) in [5.74, 6) is 0.605. The van der Waals surface area contributed by atoms with E-state index in [1.807, 2.05) is 0 Å². The zero-order chi connectivity index (χ0) is 14.5. The van der Waals surface area contributed by atoms with Gasteiger partial charge in [-0.05, 0) is 36.7 Å². The maximum Gasteiger partial charge on any atom is 0.390 e. The smallest absolute Gasteiger partial charge is 0.390 e. The Hall–Kier alpha value is -0.750. The molecule has 1 unspecified atom stereocenters. The highest BCUT2D eigenvalue weighted by Crippen LogP contribution is 2.28. The third kappa shape index (κ3) is 5.82. The molecule has 0 aromatic heterocycles. The molecule has 0 amide bonds. The number of halogens is 4. The van der Waals surface area contributed by atoms with E-state index in [1.165, 1.54) is 7.11 Å². The number of methoxy groups -OCH3 is 1. The minimum Gasteiger partial charge on any atom is -0.496 e. The van der Waals surface area contributed by atoms with Gasteiger partial charge in [-0.2, -0.15) is 13.2 Å². The van der Waals surface area contributed by atoms with Crippen LogP contribution < -0.4 is 10.1 Å². The summed E-state index contributed by atoms with van der Waals surface area (Å²) in [6.45, 7) is 2.29. The van der Waals surface area contributed by atoms with E-state index in [1.54, 1.807) is 25.1 Å². The number of alkyl halides is 3. The maximum absolute atomic E-state index is 12.5. The molecule has 0 bridgehead atoms. The van der Waals surface area contributed by atoms with E-state index in [9.17, 15) is 13.2 Å². The summed E-state index contributed by atoms with van der Waals surface area (Å²) in [6.07, 6.45) is -4.75. The molecular formula is C13H17BrF3NO. The number of nitrogens with one attached hydrogen (secondary N) is 1. The molecule has 6 heteroatoms. The van der Waals surface area contributed by atoms with E-state index in [2.05, 4.69) is 21.2 Å². The number of hydrogen-bond donors (Lipinski definition) is 1. The van der Waals surface area contributed by atoms with Gasteiger partial charge in [-0.1, -0.05) is 22.9 Å². The predicted octanol–water partition coefficient (Wildman–Crippen LogP) is 3.93. The zero-order valence-corrected chi connectivity index (χ0v) is 12.4. The van der Waals surface area contributed by atoms with Crippen LogP contribution in [0, 0.1) is 0 Å². The van der Waals surface area contributed by atoms with Gasteiger partial charge in [-0.3, -0.25) is 0 Å². The highest BCUT2D eigenvalue weighted by Gasteiger charge is 2.31. The molecule has 0 aliphatic rings. The summed E-state index contributed by atoms with van der Waals surface area (Å²) in [4.78, 5) is 0. The van der Waals surface area contributed by atoms with Crippen molar-refractivity contribution in [3.05, 3.63) is 28.2 Å². The zero-order valence-electron chi connectivity index (χ0n) is 10.9. The van der Waals surface area contributed by atoms with Crippen molar-refractivity contribution in [3.63, 3.8) is 0 Å². The van der Waals surface area contributed by atoms with E-state index in [0.717, 1.165) is 10.0 Å². The Morgan fingerprint density at radius 1 is 1.37 bits per heavy atom. The number of likely N-dealkylation sites (N-methyl/N-ethyl adjacent to an activating group) is 1. The summed E-state index contributed by atoms with van der Waals surface area (Å²) >= 11 is 3.32. The molecule has 2 nitrogen and oxygen atoms in total. The molecule has 108 valence electrons. The normalized spacial score (nSPS) is 13.4. The van der Waals surface area contributed by atoms with Crippen molar-refractivity contribution >= 4 is 15.9 Å². The fraction of sp³-hybridized carbons (Fsp3) is 0.538. The average molecular weight is 340 g/mol. The van der Waals surface area contributed by atoms with Crippen molar-refractivity contribution in [1.29, 1.82) is 0 Å². The molecule has 0 saturated heterocycles. The first-order valence-corrected chi connectivity index (χ1v) is 6.77. The number of benzene rings is 1. The lowest BCUT2D eigenvalue weighted by Gasteiger charge is -2.20. The van der Waals surface area contributed by atoms with E-state index in [-0.39, 0.29) is 6.42 Å². The molecule has 1 aromatic carbocycles. The molecule has 0 radical (unpaired) electrons. The SMILES string of the molecule is CCNC(Cc1cc(Br)ccc1OC)CC(F)(F)F. The third-order valence-corrected chi connectivity index (χ3v) is 3.17. The van der Waals surface area contributed by atoms with Crippen LogP contribution in [0.1, 0.15) is 18.9 Å². The average Bonchev–Trinajstić information content (AvgIpc) is 2.27. The van der Waals surface area contributed by atoms with E-state index in [4.69, 9.17) is 4.74 Å². The van der Waals surface area contributed by atoms with E-state index >= 15 is 0 Å². The molecule has 0 fully saturated rings. The fourth-order valence-electron chi connectivity index (χ4n) is 1.96. The Morgan fingerprint density at radius 2 is 2.05 bits per heavy atom. The van der Waals surface area contributed by atoms with Gasteiger partial charge in [0.2, 0.25) is 0 Å². The second kappa shape index (κ2) is 7.14. The fourth-order valence-corrected chi connectivity index (χ4v) is 2.37. The van der Waals surface area contributed by atoms with Gasteiger partial charge in [0.25, 0.3) is 0 Å². The Kier molecular flexibility index (Phi) is 6.13. The first-order valence-electron chi connectivity index (χ1n) is 5.98. The first kappa shape index (κ1) is 16.3. The molecule has 0 saturated carbocycles. The molecule has 0 aliphatic carbocycles. The number of hydrogen-bond acceptors (Lipinski definition) is 2. The van der Waals surface area contributed by atoms with Crippen LogP contribution in [-0.4, -0.2) is 25.9 Å². The van der Waals surface area contributed by atoms with Gasteiger partial charge in [0.15, 0.2) is 0 Å². The second-order valence-electron chi connectivity index (χ2n) is 4.23. The molecule has 1 N–H and O–H groups in total. The minimum absolute atomic E-state index is 0.274. The quantitative estimate of drug-likeness (QED) is 0.847. The van der Waals surface area contributed by atoms with Crippen LogP contribution in [-0.2, 0) is 6.42 Å². The van der Waals surface area contributed by atoms with Crippen LogP contribution in [0.2, 0.25) is 0 Å². The lowest BCUT2D eigenvalue weighted by Crippen LogP contribution is -2.35. The van der Waals surface area contributed by atoms with Crippen LogP contribution in [0.15, 0.2) is 22.7 Å². The largest absolute Gasteiger partial charge is 0.496 e. The van der Waals surface area contributed by atoms with Crippen LogP contribution in [0.3, 0.4) is 0 Å². The Morgan fingerprint density at radius 3 is 2.58 bits per heavy atom. The summed E-state index contributed by atoms with van der Waals surface area (Å²) in [5.41, 5.74) is 0.757. The van der Waals surface area contributed by atoms with Crippen LogP contribution >= 0.6 is 15.9 Å². The first-order chi connectivity index (χ1) is 8.85. The standard InChI is InChI=1S/C13H17BrF3NO/c1-3-18-11(8-13(15,16)17)7-9-6-10(14)4-5-12(9)19-2/h4-6,11,18H,3,7-8H2,1-2H3. The van der Waals surface area contributed by atoms with Gasteiger partial charge in [-0.15, -0.1) is 0 Å². The van der Waals surface area contributed by atoms with Crippen LogP contribution in [0.25, 0.3) is 0 Å². The van der Waals surface area contributed by atoms with Crippen molar-refractivity contribution in [2.75, 3.05) is 13.7 Å². The highest BCUT2D eigenvalue weighted by molar-refractivity contribution is 9.10. The molecule has 0 aliphatic heterocycles. The summed E-state index contributed by atoms with van der Waals surface area (Å²) in [6, 6.07) is 4.69. The molecule has 1 aromatic rings. The Balaban J connectivity index is 2.86. The summed E-state index contributed by atoms with van der Waals surface area (Å²) < 4.78 is 43.5. The number of ether oxygens (including phenoxy) is 1.